The van der Waals surface area contributed by atoms with Crippen LogP contribution in [0.2, 0.25) is 0 Å². The van der Waals surface area contributed by atoms with E-state index >= 15 is 0 Å². The molecule has 1 aliphatic rings. The number of benzene rings is 2. The van der Waals surface area contributed by atoms with Crippen molar-refractivity contribution < 1.29 is 0 Å². The molecule has 1 fully saturated rings. The van der Waals surface area contributed by atoms with E-state index in [1.165, 1.54) is 35.0 Å². The summed E-state index contributed by atoms with van der Waals surface area (Å²) in [4.78, 5) is 11.4. The number of aromatic nitrogens is 1. The van der Waals surface area contributed by atoms with Crippen LogP contribution >= 0.6 is 0 Å². The molecule has 2 heterocycles. The van der Waals surface area contributed by atoms with Crippen LogP contribution in [0.25, 0.3) is 10.9 Å². The fourth-order valence-corrected chi connectivity index (χ4v) is 4.13. The van der Waals surface area contributed by atoms with E-state index in [1.54, 1.807) is 0 Å². The second-order valence-electron chi connectivity index (χ2n) is 7.90. The third-order valence-electron chi connectivity index (χ3n) is 5.82. The minimum absolute atomic E-state index is 0.179. The summed E-state index contributed by atoms with van der Waals surface area (Å²) in [6, 6.07) is 19.5. The molecule has 0 bridgehead atoms. The van der Waals surface area contributed by atoms with Gasteiger partial charge < -0.3 is 15.5 Å². The number of aliphatic imine (C=N–C) groups is 1. The lowest BCUT2D eigenvalue weighted by molar-refractivity contribution is 0.684. The Labute approximate surface area is 179 Å². The lowest BCUT2D eigenvalue weighted by Crippen LogP contribution is -2.39. The molecular formula is C25H31N5. The van der Waals surface area contributed by atoms with Crippen LogP contribution in [0.15, 0.2) is 65.8 Å². The van der Waals surface area contributed by atoms with Crippen molar-refractivity contribution in [1.29, 1.82) is 0 Å². The van der Waals surface area contributed by atoms with Gasteiger partial charge in [0.15, 0.2) is 5.96 Å². The highest BCUT2D eigenvalue weighted by Gasteiger charge is 2.14. The average molecular weight is 402 g/mol. The van der Waals surface area contributed by atoms with Gasteiger partial charge in [-0.05, 0) is 55.5 Å². The molecule has 1 atom stereocenters. The van der Waals surface area contributed by atoms with E-state index in [1.807, 2.05) is 19.3 Å². The van der Waals surface area contributed by atoms with Crippen molar-refractivity contribution in [3.05, 3.63) is 71.9 Å². The molecule has 5 nitrogen and oxygen atoms in total. The van der Waals surface area contributed by atoms with Crippen LogP contribution in [0.5, 0.6) is 0 Å². The summed E-state index contributed by atoms with van der Waals surface area (Å²) >= 11 is 0. The van der Waals surface area contributed by atoms with Crippen LogP contribution in [0, 0.1) is 0 Å². The smallest absolute Gasteiger partial charge is 0.191 e. The Kier molecular flexibility index (Phi) is 6.47. The number of para-hydroxylation sites is 1. The van der Waals surface area contributed by atoms with Gasteiger partial charge in [0.1, 0.15) is 0 Å². The van der Waals surface area contributed by atoms with Crippen molar-refractivity contribution in [2.24, 2.45) is 4.99 Å². The molecule has 0 amide bonds. The number of fused-ring (bicyclic) bond motifs is 1. The Hall–Kier alpha value is -3.08. The first-order valence-electron chi connectivity index (χ1n) is 10.9. The summed E-state index contributed by atoms with van der Waals surface area (Å²) in [7, 11) is 1.82. The lowest BCUT2D eigenvalue weighted by Gasteiger charge is -2.22. The highest BCUT2D eigenvalue weighted by Crippen LogP contribution is 2.24. The van der Waals surface area contributed by atoms with Crippen molar-refractivity contribution >= 4 is 22.5 Å². The summed E-state index contributed by atoms with van der Waals surface area (Å²) in [6.45, 7) is 5.31. The number of pyridine rings is 1. The highest BCUT2D eigenvalue weighted by molar-refractivity contribution is 5.82. The second kappa shape index (κ2) is 9.61. The fraction of sp³-hybridized carbons (Fsp3) is 0.360. The minimum Gasteiger partial charge on any atom is -0.372 e. The Morgan fingerprint density at radius 3 is 2.73 bits per heavy atom. The molecule has 3 aromatic rings. The summed E-state index contributed by atoms with van der Waals surface area (Å²) in [5, 5.41) is 8.17. The van der Waals surface area contributed by atoms with Gasteiger partial charge in [-0.3, -0.25) is 9.98 Å². The number of hydrogen-bond donors (Lipinski definition) is 2. The zero-order chi connectivity index (χ0) is 20.8. The van der Waals surface area contributed by atoms with Gasteiger partial charge in [0.05, 0.1) is 11.6 Å². The molecule has 0 aliphatic carbocycles. The Morgan fingerprint density at radius 2 is 1.90 bits per heavy atom. The average Bonchev–Trinajstić information content (AvgIpc) is 3.33. The number of nitrogens with zero attached hydrogens (tertiary/aromatic N) is 3. The zero-order valence-corrected chi connectivity index (χ0v) is 17.9. The number of rotatable bonds is 6. The molecule has 0 radical (unpaired) electrons. The number of hydrogen-bond acceptors (Lipinski definition) is 3. The van der Waals surface area contributed by atoms with Gasteiger partial charge in [-0.25, -0.2) is 0 Å². The van der Waals surface area contributed by atoms with Gasteiger partial charge in [-0.2, -0.15) is 0 Å². The lowest BCUT2D eigenvalue weighted by atomic mass is 10.1. The summed E-state index contributed by atoms with van der Waals surface area (Å²) in [6.07, 6.45) is 5.34. The standard InChI is InChI=1S/C25H31N5/c1-19(22-10-6-12-23(18-22)30-16-3-4-17-30)29-25(26-2)28-15-13-21-9-5-8-20-11-7-14-27-24(20)21/h5-12,14,18-19H,3-4,13,15-17H2,1-2H3,(H2,26,28,29). The monoisotopic (exact) mass is 401 g/mol. The third kappa shape index (κ3) is 4.73. The molecule has 4 rings (SSSR count). The SMILES string of the molecule is CN=C(NCCc1cccc2cccnc12)NC(C)c1cccc(N2CCCC2)c1. The first kappa shape index (κ1) is 20.2. The molecule has 5 heteroatoms. The van der Waals surface area contributed by atoms with E-state index in [9.17, 15) is 0 Å². The van der Waals surface area contributed by atoms with Crippen molar-refractivity contribution in [3.63, 3.8) is 0 Å². The molecule has 1 aliphatic heterocycles. The van der Waals surface area contributed by atoms with Crippen LogP contribution in [-0.4, -0.2) is 37.6 Å². The third-order valence-corrected chi connectivity index (χ3v) is 5.82. The molecule has 2 N–H and O–H groups in total. The van der Waals surface area contributed by atoms with Gasteiger partial charge in [0.25, 0.3) is 0 Å². The van der Waals surface area contributed by atoms with Crippen molar-refractivity contribution in [3.8, 4) is 0 Å². The van der Waals surface area contributed by atoms with Crippen LogP contribution < -0.4 is 15.5 Å². The predicted octanol–water partition coefficient (Wildman–Crippen LogP) is 4.30. The van der Waals surface area contributed by atoms with Gasteiger partial charge in [-0.15, -0.1) is 0 Å². The molecule has 1 saturated heterocycles. The molecular weight excluding hydrogens is 370 g/mol. The fourth-order valence-electron chi connectivity index (χ4n) is 4.13. The molecule has 30 heavy (non-hydrogen) atoms. The van der Waals surface area contributed by atoms with Crippen molar-refractivity contribution in [2.45, 2.75) is 32.2 Å². The maximum Gasteiger partial charge on any atom is 0.191 e. The summed E-state index contributed by atoms with van der Waals surface area (Å²) in [5.41, 5.74) is 4.94. The van der Waals surface area contributed by atoms with Gasteiger partial charge in [0.2, 0.25) is 0 Å². The molecule has 0 spiro atoms. The molecule has 1 aromatic heterocycles. The van der Waals surface area contributed by atoms with E-state index in [-0.39, 0.29) is 6.04 Å². The Bertz CT molecular complexity index is 1000. The minimum atomic E-state index is 0.179. The van der Waals surface area contributed by atoms with Crippen LogP contribution in [-0.2, 0) is 6.42 Å². The first-order chi connectivity index (χ1) is 14.7. The van der Waals surface area contributed by atoms with E-state index < -0.39 is 0 Å². The normalized spacial score (nSPS) is 15.4. The zero-order valence-electron chi connectivity index (χ0n) is 17.9. The molecule has 156 valence electrons. The number of guanidine groups is 1. The second-order valence-corrected chi connectivity index (χ2v) is 7.90. The van der Waals surface area contributed by atoms with Gasteiger partial charge in [0, 0.05) is 44.0 Å². The quantitative estimate of drug-likeness (QED) is 0.478. The largest absolute Gasteiger partial charge is 0.372 e. The predicted molar refractivity (Wildman–Crippen MR) is 126 cm³/mol. The van der Waals surface area contributed by atoms with Crippen molar-refractivity contribution in [1.82, 2.24) is 15.6 Å². The van der Waals surface area contributed by atoms with Crippen LogP contribution in [0.1, 0.15) is 36.9 Å². The molecule has 1 unspecified atom stereocenters. The highest BCUT2D eigenvalue weighted by atomic mass is 15.2. The van der Waals surface area contributed by atoms with E-state index in [4.69, 9.17) is 0 Å². The van der Waals surface area contributed by atoms with E-state index in [2.05, 4.69) is 81.0 Å². The van der Waals surface area contributed by atoms with E-state index in [0.717, 1.165) is 37.5 Å². The number of anilines is 1. The topological polar surface area (TPSA) is 52.6 Å². The Morgan fingerprint density at radius 1 is 1.10 bits per heavy atom. The molecule has 2 aromatic carbocycles. The summed E-state index contributed by atoms with van der Waals surface area (Å²) < 4.78 is 0. The van der Waals surface area contributed by atoms with E-state index in [0.29, 0.717) is 0 Å². The Balaban J connectivity index is 1.35. The molecule has 0 saturated carbocycles. The van der Waals surface area contributed by atoms with Crippen LogP contribution in [0.4, 0.5) is 5.69 Å². The van der Waals surface area contributed by atoms with Gasteiger partial charge >= 0.3 is 0 Å². The van der Waals surface area contributed by atoms with Crippen molar-refractivity contribution in [2.75, 3.05) is 31.6 Å². The summed E-state index contributed by atoms with van der Waals surface area (Å²) in [5.74, 6) is 0.822. The van der Waals surface area contributed by atoms with Gasteiger partial charge in [-0.1, -0.05) is 36.4 Å². The first-order valence-corrected chi connectivity index (χ1v) is 10.9. The number of nitrogens with one attached hydrogen (secondary N) is 2. The maximum atomic E-state index is 4.55. The van der Waals surface area contributed by atoms with Crippen LogP contribution in [0.3, 0.4) is 0 Å². The maximum absolute atomic E-state index is 4.55.